The molecular formula is C20H21Cl2N3O3. The summed E-state index contributed by atoms with van der Waals surface area (Å²) in [6.07, 6.45) is 1.41. The quantitative estimate of drug-likeness (QED) is 0.405. The summed E-state index contributed by atoms with van der Waals surface area (Å²) in [6.45, 7) is 4.53. The molecule has 0 unspecified atom stereocenters. The van der Waals surface area contributed by atoms with Crippen LogP contribution < -0.4 is 15.5 Å². The van der Waals surface area contributed by atoms with E-state index in [1.807, 2.05) is 19.9 Å². The predicted molar refractivity (Wildman–Crippen MR) is 111 cm³/mol. The molecule has 28 heavy (non-hydrogen) atoms. The van der Waals surface area contributed by atoms with Gasteiger partial charge in [0, 0.05) is 27.7 Å². The van der Waals surface area contributed by atoms with Crippen LogP contribution in [0.2, 0.25) is 10.0 Å². The molecule has 0 bridgehead atoms. The molecule has 0 aliphatic rings. The largest absolute Gasteiger partial charge is 0.488 e. The molecule has 0 aliphatic heterocycles. The highest BCUT2D eigenvalue weighted by molar-refractivity contribution is 6.35. The second-order valence-electron chi connectivity index (χ2n) is 6.37. The third-order valence-electron chi connectivity index (χ3n) is 3.56. The smallest absolute Gasteiger partial charge is 0.329 e. The van der Waals surface area contributed by atoms with Gasteiger partial charge < -0.3 is 10.1 Å². The molecule has 0 atom stereocenters. The highest BCUT2D eigenvalue weighted by Crippen LogP contribution is 2.23. The Morgan fingerprint density at radius 3 is 2.61 bits per heavy atom. The van der Waals surface area contributed by atoms with Crippen LogP contribution in [0.5, 0.6) is 5.75 Å². The third-order valence-corrected chi connectivity index (χ3v) is 4.15. The Morgan fingerprint density at radius 2 is 1.89 bits per heavy atom. The van der Waals surface area contributed by atoms with E-state index < -0.39 is 11.8 Å². The molecule has 2 rings (SSSR count). The van der Waals surface area contributed by atoms with Crippen LogP contribution in [0.4, 0.5) is 0 Å². The maximum Gasteiger partial charge on any atom is 0.329 e. The molecule has 0 saturated carbocycles. The van der Waals surface area contributed by atoms with E-state index in [1.165, 1.54) is 6.21 Å². The number of carbonyl (C=O) groups is 2. The number of hydrogen-bond donors (Lipinski definition) is 2. The van der Waals surface area contributed by atoms with Gasteiger partial charge in [-0.25, -0.2) is 5.43 Å². The van der Waals surface area contributed by atoms with Crippen molar-refractivity contribution >= 4 is 41.2 Å². The normalized spacial score (nSPS) is 10.9. The molecule has 0 fully saturated rings. The fourth-order valence-electron chi connectivity index (χ4n) is 2.10. The molecule has 6 nitrogen and oxygen atoms in total. The van der Waals surface area contributed by atoms with Crippen molar-refractivity contribution in [1.29, 1.82) is 0 Å². The lowest BCUT2D eigenvalue weighted by molar-refractivity contribution is -0.139. The van der Waals surface area contributed by atoms with E-state index in [0.717, 1.165) is 5.56 Å². The van der Waals surface area contributed by atoms with Crippen molar-refractivity contribution in [3.8, 4) is 5.75 Å². The minimum absolute atomic E-state index is 0.241. The molecule has 0 saturated heterocycles. The maximum atomic E-state index is 11.7. The number of amides is 2. The van der Waals surface area contributed by atoms with Crippen molar-refractivity contribution in [1.82, 2.24) is 10.7 Å². The van der Waals surface area contributed by atoms with E-state index in [-0.39, 0.29) is 12.5 Å². The second-order valence-corrected chi connectivity index (χ2v) is 7.21. The molecular weight excluding hydrogens is 401 g/mol. The van der Waals surface area contributed by atoms with Gasteiger partial charge in [0.1, 0.15) is 12.4 Å². The van der Waals surface area contributed by atoms with E-state index in [4.69, 9.17) is 27.9 Å². The molecule has 0 aromatic heterocycles. The Labute approximate surface area is 173 Å². The topological polar surface area (TPSA) is 79.8 Å². The van der Waals surface area contributed by atoms with Crippen LogP contribution in [-0.2, 0) is 16.2 Å². The van der Waals surface area contributed by atoms with E-state index in [2.05, 4.69) is 15.8 Å². The molecule has 0 spiro atoms. The third kappa shape index (κ3) is 6.87. The minimum Gasteiger partial charge on any atom is -0.488 e. The van der Waals surface area contributed by atoms with Crippen molar-refractivity contribution in [3.63, 3.8) is 0 Å². The highest BCUT2D eigenvalue weighted by Gasteiger charge is 2.12. The summed E-state index contributed by atoms with van der Waals surface area (Å²) in [7, 11) is 0. The standard InChI is InChI=1S/C20H21Cl2N3O3/c1-13(2)10-23-19(26)20(27)25-24-11-14-5-3-4-6-18(14)28-12-15-7-8-16(21)9-17(15)22/h3-9,11,13H,10,12H2,1-2H3,(H,23,26)(H,25,27)/b24-11-. The van der Waals surface area contributed by atoms with Crippen molar-refractivity contribution in [2.24, 2.45) is 11.0 Å². The number of benzene rings is 2. The average molecular weight is 422 g/mol. The van der Waals surface area contributed by atoms with Crippen LogP contribution in [-0.4, -0.2) is 24.6 Å². The lowest BCUT2D eigenvalue weighted by Crippen LogP contribution is -2.39. The average Bonchev–Trinajstić information content (AvgIpc) is 2.66. The van der Waals surface area contributed by atoms with Crippen molar-refractivity contribution in [3.05, 3.63) is 63.6 Å². The first kappa shape index (κ1) is 21.7. The first-order valence-electron chi connectivity index (χ1n) is 8.63. The van der Waals surface area contributed by atoms with Crippen molar-refractivity contribution in [2.45, 2.75) is 20.5 Å². The number of hydrogen-bond acceptors (Lipinski definition) is 4. The van der Waals surface area contributed by atoms with Crippen LogP contribution in [0, 0.1) is 5.92 Å². The molecule has 2 N–H and O–H groups in total. The summed E-state index contributed by atoms with van der Waals surface area (Å²) < 4.78 is 5.80. The van der Waals surface area contributed by atoms with Gasteiger partial charge in [-0.1, -0.05) is 55.2 Å². The van der Waals surface area contributed by atoms with Gasteiger partial charge in [0.2, 0.25) is 0 Å². The van der Waals surface area contributed by atoms with E-state index in [0.29, 0.717) is 27.9 Å². The minimum atomic E-state index is -0.830. The van der Waals surface area contributed by atoms with E-state index >= 15 is 0 Å². The number of para-hydroxylation sites is 1. The Kier molecular flexibility index (Phi) is 8.29. The number of nitrogens with zero attached hydrogens (tertiary/aromatic N) is 1. The van der Waals surface area contributed by atoms with Crippen LogP contribution >= 0.6 is 23.2 Å². The lowest BCUT2D eigenvalue weighted by atomic mass is 10.2. The number of rotatable bonds is 7. The number of halogens is 2. The summed E-state index contributed by atoms with van der Waals surface area (Å²) >= 11 is 12.0. The zero-order chi connectivity index (χ0) is 20.5. The Hall–Kier alpha value is -2.57. The summed E-state index contributed by atoms with van der Waals surface area (Å²) in [5.74, 6) is -0.759. The van der Waals surface area contributed by atoms with Gasteiger partial charge in [-0.3, -0.25) is 9.59 Å². The monoisotopic (exact) mass is 421 g/mol. The lowest BCUT2D eigenvalue weighted by Gasteiger charge is -2.10. The van der Waals surface area contributed by atoms with Crippen molar-refractivity contribution < 1.29 is 14.3 Å². The predicted octanol–water partition coefficient (Wildman–Crippen LogP) is 3.79. The Morgan fingerprint density at radius 1 is 1.14 bits per heavy atom. The highest BCUT2D eigenvalue weighted by atomic mass is 35.5. The molecule has 148 valence electrons. The first-order valence-corrected chi connectivity index (χ1v) is 9.39. The molecule has 0 heterocycles. The SMILES string of the molecule is CC(C)CNC(=O)C(=O)N/N=C\c1ccccc1OCc1ccc(Cl)cc1Cl. The second kappa shape index (κ2) is 10.7. The summed E-state index contributed by atoms with van der Waals surface area (Å²) in [6, 6.07) is 12.3. The van der Waals surface area contributed by atoms with E-state index in [1.54, 1.807) is 36.4 Å². The summed E-state index contributed by atoms with van der Waals surface area (Å²) in [5, 5.41) is 7.41. The fourth-order valence-corrected chi connectivity index (χ4v) is 2.56. The number of carbonyl (C=O) groups excluding carboxylic acids is 2. The van der Waals surface area contributed by atoms with Gasteiger partial charge >= 0.3 is 11.8 Å². The zero-order valence-corrected chi connectivity index (χ0v) is 17.1. The fraction of sp³-hybridized carbons (Fsp3) is 0.250. The van der Waals surface area contributed by atoms with Crippen molar-refractivity contribution in [2.75, 3.05) is 6.54 Å². The van der Waals surface area contributed by atoms with E-state index in [9.17, 15) is 9.59 Å². The molecule has 8 heteroatoms. The van der Waals surface area contributed by atoms with Gasteiger partial charge in [-0.05, 0) is 30.2 Å². The van der Waals surface area contributed by atoms with Crippen LogP contribution in [0.1, 0.15) is 25.0 Å². The summed E-state index contributed by atoms with van der Waals surface area (Å²) in [4.78, 5) is 23.3. The number of hydrazone groups is 1. The molecule has 0 radical (unpaired) electrons. The number of nitrogens with one attached hydrogen (secondary N) is 2. The Balaban J connectivity index is 1.96. The van der Waals surface area contributed by atoms with Gasteiger partial charge in [-0.2, -0.15) is 5.10 Å². The molecule has 2 amide bonds. The van der Waals surface area contributed by atoms with Gasteiger partial charge in [0.15, 0.2) is 0 Å². The van der Waals surface area contributed by atoms with Crippen LogP contribution in [0.25, 0.3) is 0 Å². The number of ether oxygens (including phenoxy) is 1. The molecule has 2 aromatic rings. The Bertz CT molecular complexity index is 870. The zero-order valence-electron chi connectivity index (χ0n) is 15.5. The molecule has 2 aromatic carbocycles. The van der Waals surface area contributed by atoms with Gasteiger partial charge in [0.05, 0.1) is 6.21 Å². The van der Waals surface area contributed by atoms with Gasteiger partial charge in [0.25, 0.3) is 0 Å². The summed E-state index contributed by atoms with van der Waals surface area (Å²) in [5.41, 5.74) is 3.62. The van der Waals surface area contributed by atoms with Crippen LogP contribution in [0.15, 0.2) is 47.6 Å². The van der Waals surface area contributed by atoms with Gasteiger partial charge in [-0.15, -0.1) is 0 Å². The first-order chi connectivity index (χ1) is 13.4. The maximum absolute atomic E-state index is 11.7. The van der Waals surface area contributed by atoms with Crippen LogP contribution in [0.3, 0.4) is 0 Å². The molecule has 0 aliphatic carbocycles.